The Labute approximate surface area is 130 Å². The zero-order valence-corrected chi connectivity index (χ0v) is 13.7. The number of hydrogen-bond donors (Lipinski definition) is 2. The second-order valence-corrected chi connectivity index (χ2v) is 6.37. The van der Waals surface area contributed by atoms with E-state index in [1.54, 1.807) is 11.3 Å². The largest absolute Gasteiger partial charge is 0.481 e. The standard InChI is InChI=1S/C16H25NO3S/c1-3-13-12(2)11-14(21-13)16(20)17-10-8-6-4-5-7-9-15(18)19/h11H,3-10H2,1-2H3,(H,17,20)(H,18,19). The molecule has 1 aromatic rings. The molecule has 0 aliphatic rings. The number of aliphatic carboxylic acids is 1. The molecule has 0 bridgehead atoms. The third kappa shape index (κ3) is 6.76. The molecule has 118 valence electrons. The van der Waals surface area contributed by atoms with Crippen molar-refractivity contribution in [2.45, 2.75) is 58.8 Å². The van der Waals surface area contributed by atoms with E-state index in [0.29, 0.717) is 6.54 Å². The fourth-order valence-electron chi connectivity index (χ4n) is 2.20. The molecule has 0 radical (unpaired) electrons. The van der Waals surface area contributed by atoms with Gasteiger partial charge in [0, 0.05) is 17.8 Å². The van der Waals surface area contributed by atoms with Crippen LogP contribution in [0, 0.1) is 6.92 Å². The first-order valence-corrected chi connectivity index (χ1v) is 8.45. The van der Waals surface area contributed by atoms with Gasteiger partial charge in [0.15, 0.2) is 0 Å². The number of carbonyl (C=O) groups excluding carboxylic acids is 1. The molecule has 0 aromatic carbocycles. The van der Waals surface area contributed by atoms with E-state index in [0.717, 1.165) is 43.4 Å². The van der Waals surface area contributed by atoms with Gasteiger partial charge in [0.05, 0.1) is 4.88 Å². The van der Waals surface area contributed by atoms with Crippen LogP contribution in [0.2, 0.25) is 0 Å². The summed E-state index contributed by atoms with van der Waals surface area (Å²) in [4.78, 5) is 24.4. The van der Waals surface area contributed by atoms with Crippen LogP contribution in [0.15, 0.2) is 6.07 Å². The SMILES string of the molecule is CCc1sc(C(=O)NCCCCCCCC(=O)O)cc1C. The maximum atomic E-state index is 12.0. The Morgan fingerprint density at radius 3 is 2.48 bits per heavy atom. The highest BCUT2D eigenvalue weighted by Crippen LogP contribution is 2.22. The van der Waals surface area contributed by atoms with E-state index < -0.39 is 5.97 Å². The minimum atomic E-state index is -0.722. The summed E-state index contributed by atoms with van der Waals surface area (Å²) in [5.74, 6) is -0.700. The molecule has 5 heteroatoms. The van der Waals surface area contributed by atoms with E-state index >= 15 is 0 Å². The molecule has 0 aliphatic carbocycles. The number of nitrogens with one attached hydrogen (secondary N) is 1. The first kappa shape index (κ1) is 17.7. The van der Waals surface area contributed by atoms with Crippen molar-refractivity contribution in [3.05, 3.63) is 21.4 Å². The van der Waals surface area contributed by atoms with Crippen LogP contribution >= 0.6 is 11.3 Å². The molecule has 1 amide bonds. The number of carboxylic acid groups (broad SMARTS) is 1. The van der Waals surface area contributed by atoms with Crippen LogP contribution in [-0.4, -0.2) is 23.5 Å². The molecular weight excluding hydrogens is 286 g/mol. The molecule has 0 saturated heterocycles. The van der Waals surface area contributed by atoms with Crippen LogP contribution in [0.5, 0.6) is 0 Å². The zero-order chi connectivity index (χ0) is 15.7. The van der Waals surface area contributed by atoms with Gasteiger partial charge in [0.1, 0.15) is 0 Å². The normalized spacial score (nSPS) is 10.6. The summed E-state index contributed by atoms with van der Waals surface area (Å²) in [5, 5.41) is 11.5. The molecule has 1 aromatic heterocycles. The van der Waals surface area contributed by atoms with Crippen molar-refractivity contribution in [3.8, 4) is 0 Å². The van der Waals surface area contributed by atoms with E-state index in [4.69, 9.17) is 5.11 Å². The van der Waals surface area contributed by atoms with Crippen LogP contribution in [0.3, 0.4) is 0 Å². The summed E-state index contributed by atoms with van der Waals surface area (Å²) in [6.45, 7) is 4.84. The van der Waals surface area contributed by atoms with Crippen molar-refractivity contribution in [2.75, 3.05) is 6.54 Å². The molecule has 0 saturated carbocycles. The monoisotopic (exact) mass is 311 g/mol. The zero-order valence-electron chi connectivity index (χ0n) is 12.9. The highest BCUT2D eigenvalue weighted by molar-refractivity contribution is 7.14. The fraction of sp³-hybridized carbons (Fsp3) is 0.625. The van der Waals surface area contributed by atoms with Gasteiger partial charge in [-0.3, -0.25) is 9.59 Å². The summed E-state index contributed by atoms with van der Waals surface area (Å²) in [6, 6.07) is 1.96. The second kappa shape index (κ2) is 9.55. The molecule has 1 heterocycles. The van der Waals surface area contributed by atoms with E-state index in [1.165, 1.54) is 10.4 Å². The Balaban J connectivity index is 2.12. The molecule has 0 aliphatic heterocycles. The Morgan fingerprint density at radius 1 is 1.19 bits per heavy atom. The number of thiophene rings is 1. The summed E-state index contributed by atoms with van der Waals surface area (Å²) < 4.78 is 0. The molecule has 21 heavy (non-hydrogen) atoms. The van der Waals surface area contributed by atoms with Gasteiger partial charge >= 0.3 is 5.97 Å². The van der Waals surface area contributed by atoms with Gasteiger partial charge in [-0.1, -0.05) is 26.2 Å². The Hall–Kier alpha value is -1.36. The lowest BCUT2D eigenvalue weighted by Gasteiger charge is -2.03. The van der Waals surface area contributed by atoms with Gasteiger partial charge < -0.3 is 10.4 Å². The van der Waals surface area contributed by atoms with E-state index in [1.807, 2.05) is 13.0 Å². The van der Waals surface area contributed by atoms with Crippen molar-refractivity contribution in [1.82, 2.24) is 5.32 Å². The Kier molecular flexibility index (Phi) is 8.05. The van der Waals surface area contributed by atoms with Crippen molar-refractivity contribution >= 4 is 23.2 Å². The number of carbonyl (C=O) groups is 2. The molecule has 2 N–H and O–H groups in total. The maximum Gasteiger partial charge on any atom is 0.303 e. The summed E-state index contributed by atoms with van der Waals surface area (Å²) in [5.41, 5.74) is 1.20. The summed E-state index contributed by atoms with van der Waals surface area (Å²) in [7, 11) is 0. The highest BCUT2D eigenvalue weighted by Gasteiger charge is 2.10. The smallest absolute Gasteiger partial charge is 0.303 e. The second-order valence-electron chi connectivity index (χ2n) is 5.24. The summed E-state index contributed by atoms with van der Waals surface area (Å²) >= 11 is 1.58. The number of amides is 1. The first-order chi connectivity index (χ1) is 10.0. The Bertz CT molecular complexity index is 468. The minimum absolute atomic E-state index is 0.0219. The van der Waals surface area contributed by atoms with E-state index in [9.17, 15) is 9.59 Å². The van der Waals surface area contributed by atoms with Crippen LogP contribution in [0.4, 0.5) is 0 Å². The lowest BCUT2D eigenvalue weighted by Crippen LogP contribution is -2.23. The molecule has 0 fully saturated rings. The number of aryl methyl sites for hydroxylation is 2. The van der Waals surface area contributed by atoms with Gasteiger partial charge in [-0.2, -0.15) is 0 Å². The van der Waals surface area contributed by atoms with Gasteiger partial charge in [-0.25, -0.2) is 0 Å². The van der Waals surface area contributed by atoms with Crippen molar-refractivity contribution in [3.63, 3.8) is 0 Å². The van der Waals surface area contributed by atoms with Crippen molar-refractivity contribution in [1.29, 1.82) is 0 Å². The van der Waals surface area contributed by atoms with Crippen molar-refractivity contribution in [2.24, 2.45) is 0 Å². The molecule has 0 spiro atoms. The van der Waals surface area contributed by atoms with Gasteiger partial charge in [0.2, 0.25) is 0 Å². The number of rotatable bonds is 10. The maximum absolute atomic E-state index is 12.0. The average Bonchev–Trinajstić information content (AvgIpc) is 2.82. The van der Waals surface area contributed by atoms with Gasteiger partial charge in [0.25, 0.3) is 5.91 Å². The first-order valence-electron chi connectivity index (χ1n) is 7.64. The molecule has 1 rings (SSSR count). The molecule has 4 nitrogen and oxygen atoms in total. The van der Waals surface area contributed by atoms with E-state index in [-0.39, 0.29) is 12.3 Å². The fourth-order valence-corrected chi connectivity index (χ4v) is 3.23. The topological polar surface area (TPSA) is 66.4 Å². The van der Waals surface area contributed by atoms with Gasteiger partial charge in [-0.15, -0.1) is 11.3 Å². The number of carboxylic acids is 1. The quantitative estimate of drug-likeness (QED) is 0.646. The van der Waals surface area contributed by atoms with E-state index in [2.05, 4.69) is 12.2 Å². The van der Waals surface area contributed by atoms with Crippen LogP contribution < -0.4 is 5.32 Å². The summed E-state index contributed by atoms with van der Waals surface area (Å²) in [6.07, 6.45) is 5.93. The third-order valence-electron chi connectivity index (χ3n) is 3.42. The average molecular weight is 311 g/mol. The highest BCUT2D eigenvalue weighted by atomic mass is 32.1. The lowest BCUT2D eigenvalue weighted by molar-refractivity contribution is -0.137. The number of unbranched alkanes of at least 4 members (excludes halogenated alkanes) is 4. The van der Waals surface area contributed by atoms with Crippen LogP contribution in [0.25, 0.3) is 0 Å². The van der Waals surface area contributed by atoms with Crippen LogP contribution in [0.1, 0.15) is 65.6 Å². The third-order valence-corrected chi connectivity index (χ3v) is 4.80. The van der Waals surface area contributed by atoms with Crippen LogP contribution in [-0.2, 0) is 11.2 Å². The van der Waals surface area contributed by atoms with Crippen molar-refractivity contribution < 1.29 is 14.7 Å². The molecule has 0 atom stereocenters. The minimum Gasteiger partial charge on any atom is -0.481 e. The Morgan fingerprint density at radius 2 is 1.86 bits per heavy atom. The number of hydrogen-bond acceptors (Lipinski definition) is 3. The molecular formula is C16H25NO3S. The predicted octanol–water partition coefficient (Wildman–Crippen LogP) is 3.77. The molecule has 0 unspecified atom stereocenters. The lowest BCUT2D eigenvalue weighted by atomic mass is 10.1. The van der Waals surface area contributed by atoms with Gasteiger partial charge in [-0.05, 0) is 37.8 Å². The predicted molar refractivity (Wildman–Crippen MR) is 86.1 cm³/mol.